The first kappa shape index (κ1) is 10.2. The number of benzene rings is 1. The van der Waals surface area contributed by atoms with Gasteiger partial charge in [0.1, 0.15) is 11.6 Å². The highest BCUT2D eigenvalue weighted by atomic mass is 19.1. The van der Waals surface area contributed by atoms with E-state index in [-0.39, 0.29) is 0 Å². The summed E-state index contributed by atoms with van der Waals surface area (Å²) >= 11 is 0. The second-order valence-electron chi connectivity index (χ2n) is 4.67. The molecule has 0 radical (unpaired) electrons. The van der Waals surface area contributed by atoms with E-state index in [0.717, 1.165) is 31.0 Å². The molecule has 1 aliphatic carbocycles. The highest BCUT2D eigenvalue weighted by Gasteiger charge is 2.52. The first-order chi connectivity index (χ1) is 7.74. The van der Waals surface area contributed by atoms with Gasteiger partial charge in [-0.3, -0.25) is 0 Å². The van der Waals surface area contributed by atoms with Gasteiger partial charge in [0.05, 0.1) is 0 Å². The molecule has 0 aromatic heterocycles. The fraction of sp³-hybridized carbons (Fsp3) is 0.500. The third-order valence-corrected chi connectivity index (χ3v) is 3.56. The Bertz CT molecular complexity index is 378. The van der Waals surface area contributed by atoms with E-state index in [9.17, 15) is 8.78 Å². The molecule has 1 aromatic carbocycles. The Morgan fingerprint density at radius 1 is 1.12 bits per heavy atom. The molecule has 2 fully saturated rings. The molecule has 1 aromatic rings. The Morgan fingerprint density at radius 2 is 1.75 bits per heavy atom. The molecule has 1 aliphatic heterocycles. The van der Waals surface area contributed by atoms with Gasteiger partial charge in [0.2, 0.25) is 0 Å². The molecule has 1 saturated carbocycles. The van der Waals surface area contributed by atoms with Crippen LogP contribution in [0, 0.1) is 23.5 Å². The van der Waals surface area contributed by atoms with Crippen LogP contribution in [0.5, 0.6) is 0 Å². The number of nitrogens with one attached hydrogen (secondary N) is 2. The highest BCUT2D eigenvalue weighted by molar-refractivity contribution is 5.19. The molecule has 16 heavy (non-hydrogen) atoms. The number of fused-ring (bicyclic) bond motifs is 1. The van der Waals surface area contributed by atoms with E-state index in [1.165, 1.54) is 12.1 Å². The summed E-state index contributed by atoms with van der Waals surface area (Å²) in [6.07, 6.45) is 0. The predicted molar refractivity (Wildman–Crippen MR) is 56.8 cm³/mol. The smallest absolute Gasteiger partial charge is 0.126 e. The third-order valence-electron chi connectivity index (χ3n) is 3.56. The molecule has 2 aliphatic rings. The van der Waals surface area contributed by atoms with Crippen molar-refractivity contribution >= 4 is 0 Å². The third kappa shape index (κ3) is 1.83. The van der Waals surface area contributed by atoms with Crippen molar-refractivity contribution in [1.29, 1.82) is 0 Å². The molecule has 2 N–H and O–H groups in total. The van der Waals surface area contributed by atoms with Crippen molar-refractivity contribution in [3.63, 3.8) is 0 Å². The van der Waals surface area contributed by atoms with Crippen LogP contribution in [0.3, 0.4) is 0 Å². The van der Waals surface area contributed by atoms with Crippen LogP contribution in [0.1, 0.15) is 5.56 Å². The summed E-state index contributed by atoms with van der Waals surface area (Å²) in [6.45, 7) is 2.69. The standard InChI is InChI=1S/C12H14F2N2/c13-8-1-7(2-9(14)3-8)4-16-12-10-5-15-6-11(10)12/h1-3,10-12,15-16H,4-6H2/t10-,11+,12?. The van der Waals surface area contributed by atoms with E-state index in [0.29, 0.717) is 18.2 Å². The van der Waals surface area contributed by atoms with Gasteiger partial charge in [-0.1, -0.05) is 0 Å². The minimum Gasteiger partial charge on any atom is -0.316 e. The summed E-state index contributed by atoms with van der Waals surface area (Å²) in [7, 11) is 0. The average molecular weight is 224 g/mol. The second kappa shape index (κ2) is 3.79. The highest BCUT2D eigenvalue weighted by Crippen LogP contribution is 2.41. The van der Waals surface area contributed by atoms with Crippen molar-refractivity contribution in [2.24, 2.45) is 11.8 Å². The lowest BCUT2D eigenvalue weighted by molar-refractivity contribution is 0.553. The van der Waals surface area contributed by atoms with Crippen LogP contribution in [0.15, 0.2) is 18.2 Å². The fourth-order valence-corrected chi connectivity index (χ4v) is 2.67. The van der Waals surface area contributed by atoms with E-state index in [1.54, 1.807) is 0 Å². The maximum Gasteiger partial charge on any atom is 0.126 e. The molecule has 1 saturated heterocycles. The quantitative estimate of drug-likeness (QED) is 0.808. The van der Waals surface area contributed by atoms with Crippen molar-refractivity contribution in [3.8, 4) is 0 Å². The van der Waals surface area contributed by atoms with Gasteiger partial charge in [-0.2, -0.15) is 0 Å². The van der Waals surface area contributed by atoms with Crippen LogP contribution in [0.2, 0.25) is 0 Å². The van der Waals surface area contributed by atoms with Crippen LogP contribution >= 0.6 is 0 Å². The largest absolute Gasteiger partial charge is 0.316 e. The number of rotatable bonds is 3. The molecule has 1 unspecified atom stereocenters. The predicted octanol–water partition coefficient (Wildman–Crippen LogP) is 1.27. The van der Waals surface area contributed by atoms with Crippen molar-refractivity contribution < 1.29 is 8.78 Å². The normalized spacial score (nSPS) is 31.5. The molecule has 0 amide bonds. The van der Waals surface area contributed by atoms with Crippen LogP contribution in [-0.4, -0.2) is 19.1 Å². The molecular weight excluding hydrogens is 210 g/mol. The van der Waals surface area contributed by atoms with Crippen LogP contribution in [0.4, 0.5) is 8.78 Å². The first-order valence-corrected chi connectivity index (χ1v) is 5.63. The fourth-order valence-electron chi connectivity index (χ4n) is 2.67. The maximum atomic E-state index is 12.9. The zero-order valence-electron chi connectivity index (χ0n) is 8.84. The van der Waals surface area contributed by atoms with Crippen molar-refractivity contribution in [2.75, 3.05) is 13.1 Å². The van der Waals surface area contributed by atoms with Crippen LogP contribution in [0.25, 0.3) is 0 Å². The molecule has 3 rings (SSSR count). The van der Waals surface area contributed by atoms with Gasteiger partial charge < -0.3 is 10.6 Å². The van der Waals surface area contributed by atoms with Gasteiger partial charge in [-0.25, -0.2) is 8.78 Å². The Hall–Kier alpha value is -1.00. The number of hydrogen-bond acceptors (Lipinski definition) is 2. The minimum atomic E-state index is -0.505. The Kier molecular flexibility index (Phi) is 2.41. The van der Waals surface area contributed by atoms with E-state index in [1.807, 2.05) is 0 Å². The zero-order valence-corrected chi connectivity index (χ0v) is 8.84. The zero-order chi connectivity index (χ0) is 11.1. The van der Waals surface area contributed by atoms with Crippen molar-refractivity contribution in [3.05, 3.63) is 35.4 Å². The molecule has 3 atom stereocenters. The number of piperidine rings is 1. The van der Waals surface area contributed by atoms with E-state index < -0.39 is 11.6 Å². The SMILES string of the molecule is Fc1cc(F)cc(CNC2[C@H]3CNC[C@@H]23)c1. The maximum absolute atomic E-state index is 12.9. The van der Waals surface area contributed by atoms with Gasteiger partial charge in [0.25, 0.3) is 0 Å². The summed E-state index contributed by atoms with van der Waals surface area (Å²) in [4.78, 5) is 0. The van der Waals surface area contributed by atoms with Crippen LogP contribution in [-0.2, 0) is 6.54 Å². The summed E-state index contributed by atoms with van der Waals surface area (Å²) in [6, 6.07) is 4.20. The number of hydrogen-bond donors (Lipinski definition) is 2. The van der Waals surface area contributed by atoms with Gasteiger partial charge in [0.15, 0.2) is 0 Å². The topological polar surface area (TPSA) is 24.1 Å². The molecule has 0 bridgehead atoms. The van der Waals surface area contributed by atoms with Gasteiger partial charge >= 0.3 is 0 Å². The molecule has 4 heteroatoms. The lowest BCUT2D eigenvalue weighted by Gasteiger charge is -2.07. The summed E-state index contributed by atoms with van der Waals surface area (Å²) in [5, 5.41) is 6.66. The number of halogens is 2. The molecule has 0 spiro atoms. The Balaban J connectivity index is 1.58. The van der Waals surface area contributed by atoms with Crippen LogP contribution < -0.4 is 10.6 Å². The summed E-state index contributed by atoms with van der Waals surface area (Å²) < 4.78 is 25.8. The summed E-state index contributed by atoms with van der Waals surface area (Å²) in [5.74, 6) is 0.431. The average Bonchev–Trinajstić information content (AvgIpc) is 2.68. The van der Waals surface area contributed by atoms with Gasteiger partial charge in [-0.15, -0.1) is 0 Å². The first-order valence-electron chi connectivity index (χ1n) is 5.63. The lowest BCUT2D eigenvalue weighted by Crippen LogP contribution is -2.27. The second-order valence-corrected chi connectivity index (χ2v) is 4.67. The summed E-state index contributed by atoms with van der Waals surface area (Å²) in [5.41, 5.74) is 0.676. The van der Waals surface area contributed by atoms with Crippen molar-refractivity contribution in [1.82, 2.24) is 10.6 Å². The monoisotopic (exact) mass is 224 g/mol. The molecule has 2 nitrogen and oxygen atoms in total. The van der Waals surface area contributed by atoms with Gasteiger partial charge in [-0.05, 0) is 42.6 Å². The van der Waals surface area contributed by atoms with Gasteiger partial charge in [0, 0.05) is 18.7 Å². The lowest BCUT2D eigenvalue weighted by atomic mass is 10.2. The van der Waals surface area contributed by atoms with E-state index >= 15 is 0 Å². The van der Waals surface area contributed by atoms with Crippen molar-refractivity contribution in [2.45, 2.75) is 12.6 Å². The molecule has 86 valence electrons. The Labute approximate surface area is 93.0 Å². The minimum absolute atomic E-state index is 0.505. The molecular formula is C12H14F2N2. The van der Waals surface area contributed by atoms with E-state index in [4.69, 9.17) is 0 Å². The van der Waals surface area contributed by atoms with E-state index in [2.05, 4.69) is 10.6 Å². The molecule has 1 heterocycles. The Morgan fingerprint density at radius 3 is 2.38 bits per heavy atom.